The average molecular weight is 487 g/mol. The molecule has 1 aromatic carbocycles. The first kappa shape index (κ1) is 24.7. The van der Waals surface area contributed by atoms with Gasteiger partial charge in [0, 0.05) is 37.5 Å². The molecule has 0 amide bonds. The number of piperidine rings is 1. The lowest BCUT2D eigenvalue weighted by molar-refractivity contribution is -0.137. The topological polar surface area (TPSA) is 57.7 Å². The number of hydrogen-bond acceptors (Lipinski definition) is 4. The van der Waals surface area contributed by atoms with Crippen LogP contribution in [0.2, 0.25) is 0 Å². The molecule has 2 bridgehead atoms. The fourth-order valence-corrected chi connectivity index (χ4v) is 8.58. The summed E-state index contributed by atoms with van der Waals surface area (Å²) < 4.78 is 67.1. The molecule has 3 fully saturated rings. The van der Waals surface area contributed by atoms with E-state index in [0.717, 1.165) is 12.5 Å². The zero-order valence-corrected chi connectivity index (χ0v) is 20.3. The maximum Gasteiger partial charge on any atom is 0.416 e. The summed E-state index contributed by atoms with van der Waals surface area (Å²) in [5.41, 5.74) is -1.14. The Morgan fingerprint density at radius 1 is 1.15 bits per heavy atom. The van der Waals surface area contributed by atoms with E-state index in [1.54, 1.807) is 6.07 Å². The Morgan fingerprint density at radius 2 is 1.82 bits per heavy atom. The van der Waals surface area contributed by atoms with Crippen molar-refractivity contribution in [2.45, 2.75) is 64.7 Å². The predicted octanol–water partition coefficient (Wildman–Crippen LogP) is 4.33. The number of alkyl halides is 3. The summed E-state index contributed by atoms with van der Waals surface area (Å²) in [6.45, 7) is 5.19. The van der Waals surface area contributed by atoms with E-state index in [4.69, 9.17) is 0 Å². The molecular formula is C24H33F3N2O3S. The number of halogens is 3. The van der Waals surface area contributed by atoms with Crippen molar-refractivity contribution in [3.63, 3.8) is 0 Å². The highest BCUT2D eigenvalue weighted by Gasteiger charge is 2.65. The molecule has 1 saturated heterocycles. The second-order valence-corrected chi connectivity index (χ2v) is 12.6. The lowest BCUT2D eigenvalue weighted by Crippen LogP contribution is -2.50. The van der Waals surface area contributed by atoms with E-state index in [1.165, 1.54) is 16.4 Å². The van der Waals surface area contributed by atoms with E-state index in [0.29, 0.717) is 50.9 Å². The van der Waals surface area contributed by atoms with Gasteiger partial charge in [-0.1, -0.05) is 32.0 Å². The average Bonchev–Trinajstić information content (AvgIpc) is 3.07. The van der Waals surface area contributed by atoms with Crippen molar-refractivity contribution in [1.29, 1.82) is 0 Å². The Bertz CT molecular complexity index is 1020. The molecule has 33 heavy (non-hydrogen) atoms. The first-order valence-corrected chi connectivity index (χ1v) is 13.2. The molecule has 4 rings (SSSR count). The summed E-state index contributed by atoms with van der Waals surface area (Å²) in [6, 6.07) is 5.42. The zero-order chi connectivity index (χ0) is 24.2. The Morgan fingerprint density at radius 3 is 2.36 bits per heavy atom. The molecular weight excluding hydrogens is 453 g/mol. The van der Waals surface area contributed by atoms with Gasteiger partial charge in [0.25, 0.3) is 0 Å². The number of sulfonamides is 1. The van der Waals surface area contributed by atoms with E-state index in [-0.39, 0.29) is 28.9 Å². The van der Waals surface area contributed by atoms with Gasteiger partial charge in [0.2, 0.25) is 10.0 Å². The molecule has 9 heteroatoms. The van der Waals surface area contributed by atoms with Crippen molar-refractivity contribution in [1.82, 2.24) is 9.21 Å². The molecule has 0 N–H and O–H groups in total. The molecule has 0 aromatic heterocycles. The van der Waals surface area contributed by atoms with E-state index >= 15 is 0 Å². The second kappa shape index (κ2) is 8.34. The van der Waals surface area contributed by atoms with Crippen LogP contribution in [-0.4, -0.2) is 55.3 Å². The van der Waals surface area contributed by atoms with E-state index < -0.39 is 27.2 Å². The van der Waals surface area contributed by atoms with Crippen molar-refractivity contribution in [3.05, 3.63) is 35.4 Å². The molecule has 5 nitrogen and oxygen atoms in total. The number of hydrogen-bond donors (Lipinski definition) is 0. The molecule has 2 unspecified atom stereocenters. The van der Waals surface area contributed by atoms with Crippen LogP contribution in [0.4, 0.5) is 13.2 Å². The third kappa shape index (κ3) is 4.36. The fraction of sp³-hybridized carbons (Fsp3) is 0.708. The third-order valence-corrected chi connectivity index (χ3v) is 10.7. The Balaban J connectivity index is 1.37. The Labute approximate surface area is 194 Å². The van der Waals surface area contributed by atoms with Crippen LogP contribution in [-0.2, 0) is 27.5 Å². The maximum absolute atomic E-state index is 13.3. The molecule has 0 spiro atoms. The van der Waals surface area contributed by atoms with Gasteiger partial charge in [-0.25, -0.2) is 12.7 Å². The fourth-order valence-electron chi connectivity index (χ4n) is 6.34. The highest BCUT2D eigenvalue weighted by Crippen LogP contribution is 2.64. The molecule has 0 radical (unpaired) electrons. The summed E-state index contributed by atoms with van der Waals surface area (Å²) in [5.74, 6) is 0.269. The lowest BCUT2D eigenvalue weighted by Gasteiger charge is -2.40. The quantitative estimate of drug-likeness (QED) is 0.601. The summed E-state index contributed by atoms with van der Waals surface area (Å²) in [4.78, 5) is 14.8. The van der Waals surface area contributed by atoms with E-state index in [1.807, 2.05) is 25.8 Å². The van der Waals surface area contributed by atoms with Gasteiger partial charge >= 0.3 is 6.18 Å². The van der Waals surface area contributed by atoms with Crippen LogP contribution in [0.3, 0.4) is 0 Å². The highest BCUT2D eigenvalue weighted by atomic mass is 32.2. The molecule has 184 valence electrons. The van der Waals surface area contributed by atoms with Crippen LogP contribution in [0.5, 0.6) is 0 Å². The minimum absolute atomic E-state index is 0.0876. The van der Waals surface area contributed by atoms with Crippen LogP contribution in [0.1, 0.15) is 57.1 Å². The van der Waals surface area contributed by atoms with E-state index in [9.17, 15) is 26.4 Å². The summed E-state index contributed by atoms with van der Waals surface area (Å²) >= 11 is 0. The van der Waals surface area contributed by atoms with Gasteiger partial charge in [-0.2, -0.15) is 13.2 Å². The number of carbonyl (C=O) groups is 1. The van der Waals surface area contributed by atoms with Gasteiger partial charge in [0.15, 0.2) is 0 Å². The number of ketones is 1. The Hall–Kier alpha value is -1.45. The molecule has 2 aliphatic carbocycles. The molecule has 1 aliphatic heterocycles. The number of Topliss-reactive ketones (excluding diaryl/α,β-unsaturated/α-hetero) is 1. The molecule has 1 heterocycles. The number of rotatable bonds is 6. The number of fused-ring (bicyclic) bond motifs is 2. The van der Waals surface area contributed by atoms with Crippen LogP contribution in [0.25, 0.3) is 0 Å². The van der Waals surface area contributed by atoms with Gasteiger partial charge in [-0.05, 0) is 55.7 Å². The highest BCUT2D eigenvalue weighted by molar-refractivity contribution is 7.89. The SMILES string of the molecule is CN(Cc1cccc(C(F)(F)F)c1)C1CCN(S(=O)(=O)CC23CCC(CC2=O)C3(C)C)CC1. The number of carbonyl (C=O) groups excluding carboxylic acids is 1. The van der Waals surface area contributed by atoms with Gasteiger partial charge in [0.1, 0.15) is 5.78 Å². The van der Waals surface area contributed by atoms with Crippen molar-refractivity contribution in [2.75, 3.05) is 25.9 Å². The number of benzene rings is 1. The van der Waals surface area contributed by atoms with Crippen LogP contribution >= 0.6 is 0 Å². The monoisotopic (exact) mass is 486 g/mol. The lowest BCUT2D eigenvalue weighted by atomic mass is 9.70. The normalized spacial score (nSPS) is 28.7. The summed E-state index contributed by atoms with van der Waals surface area (Å²) in [7, 11) is -1.71. The van der Waals surface area contributed by atoms with Crippen molar-refractivity contribution < 1.29 is 26.4 Å². The largest absolute Gasteiger partial charge is 0.416 e. The Kier molecular flexibility index (Phi) is 6.24. The molecule has 1 aromatic rings. The van der Waals surface area contributed by atoms with Crippen LogP contribution < -0.4 is 0 Å². The standard InChI is InChI=1S/C24H33F3N2O3S/c1-22(2)18-7-10-23(22,21(30)14-18)16-33(31,32)29-11-8-20(9-12-29)28(3)15-17-5-4-6-19(13-17)24(25,26)27/h4-6,13,18,20H,7-12,14-16H2,1-3H3. The minimum atomic E-state index is -4.37. The van der Waals surface area contributed by atoms with Crippen molar-refractivity contribution in [3.8, 4) is 0 Å². The van der Waals surface area contributed by atoms with Gasteiger partial charge < -0.3 is 0 Å². The summed E-state index contributed by atoms with van der Waals surface area (Å²) in [5, 5.41) is 0. The maximum atomic E-state index is 13.3. The first-order valence-electron chi connectivity index (χ1n) is 11.6. The third-order valence-electron chi connectivity index (χ3n) is 8.69. The zero-order valence-electron chi connectivity index (χ0n) is 19.5. The minimum Gasteiger partial charge on any atom is -0.299 e. The van der Waals surface area contributed by atoms with Crippen molar-refractivity contribution >= 4 is 15.8 Å². The van der Waals surface area contributed by atoms with Crippen molar-refractivity contribution in [2.24, 2.45) is 16.7 Å². The summed E-state index contributed by atoms with van der Waals surface area (Å²) in [6.07, 6.45) is -1.09. The van der Waals surface area contributed by atoms with Crippen LogP contribution in [0, 0.1) is 16.7 Å². The van der Waals surface area contributed by atoms with Crippen LogP contribution in [0.15, 0.2) is 24.3 Å². The predicted molar refractivity (Wildman–Crippen MR) is 120 cm³/mol. The first-order chi connectivity index (χ1) is 15.3. The van der Waals surface area contributed by atoms with Gasteiger partial charge in [0.05, 0.1) is 11.3 Å². The van der Waals surface area contributed by atoms with Gasteiger partial charge in [-0.15, -0.1) is 0 Å². The number of nitrogens with zero attached hydrogens (tertiary/aromatic N) is 2. The second-order valence-electron chi connectivity index (χ2n) is 10.7. The van der Waals surface area contributed by atoms with E-state index in [2.05, 4.69) is 0 Å². The molecule has 3 aliphatic rings. The smallest absolute Gasteiger partial charge is 0.299 e. The molecule has 2 saturated carbocycles. The van der Waals surface area contributed by atoms with Gasteiger partial charge in [-0.3, -0.25) is 9.69 Å². The molecule has 2 atom stereocenters.